The van der Waals surface area contributed by atoms with Crippen LogP contribution < -0.4 is 20.5 Å². The van der Waals surface area contributed by atoms with Crippen molar-refractivity contribution in [2.24, 2.45) is 12.8 Å². The number of ether oxygens (including phenoxy) is 2. The molecule has 5 aromatic rings. The minimum Gasteiger partial charge on any atom is -0.494 e. The number of nitrogens with two attached hydrogens (primary N) is 1. The minimum absolute atomic E-state index is 0.215. The summed E-state index contributed by atoms with van der Waals surface area (Å²) in [5.41, 5.74) is 10.3. The largest absolute Gasteiger partial charge is 0.494 e. The van der Waals surface area contributed by atoms with Crippen molar-refractivity contribution < 1.29 is 19.1 Å². The second kappa shape index (κ2) is 12.4. The van der Waals surface area contributed by atoms with Crippen LogP contribution >= 0.6 is 0 Å². The van der Waals surface area contributed by atoms with Gasteiger partial charge in [0.15, 0.2) is 0 Å². The number of rotatable bonds is 10. The van der Waals surface area contributed by atoms with Gasteiger partial charge in [0, 0.05) is 18.7 Å². The lowest BCUT2D eigenvalue weighted by atomic mass is 9.78. The summed E-state index contributed by atoms with van der Waals surface area (Å²) in [6, 6.07) is 28.5. The Balaban J connectivity index is 1.55. The predicted octanol–water partition coefficient (Wildman–Crippen LogP) is 5.15. The van der Waals surface area contributed by atoms with Gasteiger partial charge < -0.3 is 20.5 Å². The van der Waals surface area contributed by atoms with E-state index in [1.54, 1.807) is 39.7 Å². The van der Waals surface area contributed by atoms with Crippen LogP contribution in [0.25, 0.3) is 11.1 Å². The number of carbonyl (C=O) groups excluding carboxylic acids is 2. The number of nitrogens with zero attached hydrogens (tertiary/aromatic N) is 3. The minimum atomic E-state index is -0.783. The molecule has 2 aromatic heterocycles. The molecule has 9 heteroatoms. The first-order valence-electron chi connectivity index (χ1n) is 13.3. The number of anilines is 1. The highest BCUT2D eigenvalue weighted by Gasteiger charge is 2.35. The summed E-state index contributed by atoms with van der Waals surface area (Å²) in [5.74, 6) is -0.945. The van der Waals surface area contributed by atoms with Gasteiger partial charge in [-0.25, -0.2) is 0 Å². The number of hydrogen-bond donors (Lipinski definition) is 2. The van der Waals surface area contributed by atoms with E-state index < -0.39 is 17.7 Å². The molecule has 0 radical (unpaired) electrons. The Bertz CT molecular complexity index is 1620. The van der Waals surface area contributed by atoms with E-state index in [2.05, 4.69) is 15.4 Å². The monoisotopic (exact) mass is 561 g/mol. The zero-order chi connectivity index (χ0) is 29.6. The molecular weight excluding hydrogens is 530 g/mol. The molecule has 0 aliphatic carbocycles. The van der Waals surface area contributed by atoms with E-state index in [1.807, 2.05) is 84.9 Å². The Morgan fingerprint density at radius 2 is 1.38 bits per heavy atom. The van der Waals surface area contributed by atoms with Crippen LogP contribution in [0.5, 0.6) is 11.5 Å². The van der Waals surface area contributed by atoms with E-state index in [1.165, 1.54) is 4.68 Å². The third-order valence-electron chi connectivity index (χ3n) is 7.16. The van der Waals surface area contributed by atoms with Crippen molar-refractivity contribution in [3.05, 3.63) is 126 Å². The smallest absolute Gasteiger partial charge is 0.266 e. The molecule has 3 N–H and O–H groups in total. The van der Waals surface area contributed by atoms with Gasteiger partial charge in [0.1, 0.15) is 17.2 Å². The van der Waals surface area contributed by atoms with Gasteiger partial charge in [0.25, 0.3) is 5.91 Å². The van der Waals surface area contributed by atoms with Crippen LogP contribution in [-0.2, 0) is 11.8 Å². The molecule has 3 aromatic carbocycles. The number of primary amides is 1. The maximum atomic E-state index is 14.2. The van der Waals surface area contributed by atoms with Crippen LogP contribution in [0.1, 0.15) is 39.1 Å². The highest BCUT2D eigenvalue weighted by molar-refractivity contribution is 5.98. The molecule has 1 atom stereocenters. The summed E-state index contributed by atoms with van der Waals surface area (Å²) < 4.78 is 12.4. The second-order valence-electron chi connectivity index (χ2n) is 9.70. The maximum absolute atomic E-state index is 14.2. The summed E-state index contributed by atoms with van der Waals surface area (Å²) in [6.45, 7) is 0. The number of carbonyl (C=O) groups is 2. The van der Waals surface area contributed by atoms with E-state index in [4.69, 9.17) is 15.2 Å². The number of methoxy groups -OCH3 is 2. The number of benzene rings is 3. The molecule has 2 amide bonds. The molecule has 0 saturated carbocycles. The molecule has 2 heterocycles. The summed E-state index contributed by atoms with van der Waals surface area (Å²) in [4.78, 5) is 30.5. The van der Waals surface area contributed by atoms with Crippen LogP contribution in [0.4, 0.5) is 5.69 Å². The number of aryl methyl sites for hydroxylation is 1. The van der Waals surface area contributed by atoms with Crippen LogP contribution in [0.3, 0.4) is 0 Å². The fraction of sp³-hybridized carbons (Fsp3) is 0.152. The number of aromatic nitrogens is 3. The van der Waals surface area contributed by atoms with Crippen molar-refractivity contribution in [2.75, 3.05) is 19.5 Å². The summed E-state index contributed by atoms with van der Waals surface area (Å²) in [5, 5.41) is 7.66. The molecule has 0 saturated heterocycles. The molecular formula is C33H31N5O4. The van der Waals surface area contributed by atoms with Gasteiger partial charge in [-0.05, 0) is 34.9 Å². The van der Waals surface area contributed by atoms with Crippen LogP contribution in [-0.4, -0.2) is 40.8 Å². The van der Waals surface area contributed by atoms with Gasteiger partial charge in [-0.3, -0.25) is 19.3 Å². The normalized spacial score (nSPS) is 11.6. The molecule has 0 aliphatic heterocycles. The van der Waals surface area contributed by atoms with Gasteiger partial charge >= 0.3 is 0 Å². The van der Waals surface area contributed by atoms with Crippen molar-refractivity contribution >= 4 is 17.5 Å². The third-order valence-corrected chi connectivity index (χ3v) is 7.16. The molecule has 212 valence electrons. The maximum Gasteiger partial charge on any atom is 0.266 e. The molecule has 0 aliphatic rings. The van der Waals surface area contributed by atoms with Crippen molar-refractivity contribution in [3.63, 3.8) is 0 Å². The lowest BCUT2D eigenvalue weighted by molar-refractivity contribution is -0.118. The highest BCUT2D eigenvalue weighted by atomic mass is 16.5. The summed E-state index contributed by atoms with van der Waals surface area (Å²) >= 11 is 0. The summed E-state index contributed by atoms with van der Waals surface area (Å²) in [7, 11) is 4.79. The van der Waals surface area contributed by atoms with E-state index in [-0.39, 0.29) is 11.6 Å². The van der Waals surface area contributed by atoms with E-state index in [9.17, 15) is 9.59 Å². The van der Waals surface area contributed by atoms with Gasteiger partial charge in [-0.2, -0.15) is 5.10 Å². The Hall–Kier alpha value is -5.44. The van der Waals surface area contributed by atoms with Crippen LogP contribution in [0, 0.1) is 0 Å². The zero-order valence-electron chi connectivity index (χ0n) is 23.5. The fourth-order valence-corrected chi connectivity index (χ4v) is 5.18. The van der Waals surface area contributed by atoms with Crippen LogP contribution in [0.15, 0.2) is 103 Å². The van der Waals surface area contributed by atoms with Crippen molar-refractivity contribution in [3.8, 4) is 22.6 Å². The van der Waals surface area contributed by atoms with Crippen LogP contribution in [0.2, 0.25) is 0 Å². The number of hydrogen-bond acceptors (Lipinski definition) is 6. The Morgan fingerprint density at radius 3 is 1.86 bits per heavy atom. The first-order chi connectivity index (χ1) is 20.4. The average Bonchev–Trinajstić information content (AvgIpc) is 3.41. The number of amides is 2. The number of nitrogens with one attached hydrogen (secondary N) is 1. The Kier molecular flexibility index (Phi) is 8.29. The fourth-order valence-electron chi connectivity index (χ4n) is 5.18. The molecule has 0 fully saturated rings. The first-order valence-corrected chi connectivity index (χ1v) is 13.3. The van der Waals surface area contributed by atoms with Crippen molar-refractivity contribution in [2.45, 2.75) is 11.8 Å². The molecule has 5 rings (SSSR count). The molecule has 0 bridgehead atoms. The average molecular weight is 562 g/mol. The molecule has 42 heavy (non-hydrogen) atoms. The topological polar surface area (TPSA) is 121 Å². The van der Waals surface area contributed by atoms with Gasteiger partial charge in [-0.15, -0.1) is 0 Å². The molecule has 0 spiro atoms. The molecule has 9 nitrogen and oxygen atoms in total. The first kappa shape index (κ1) is 28.1. The van der Waals surface area contributed by atoms with Gasteiger partial charge in [0.05, 0.1) is 43.8 Å². The standard InChI is InChI=1S/C33H31N5O4/c1-38-26(32(34)39)18-25(37-38)31(29(21-10-6-4-7-11-21)22-12-8-5-9-13-22)33(40)36-24-16-14-23(15-17-24)30-27(41-2)19-35-20-28(30)42-3/h4-20,29,31H,1-3H3,(H2,34,39)(H,36,40)/t31-/m1/s1. The Morgan fingerprint density at radius 1 is 0.833 bits per heavy atom. The predicted molar refractivity (Wildman–Crippen MR) is 161 cm³/mol. The second-order valence-corrected chi connectivity index (χ2v) is 9.70. The van der Waals surface area contributed by atoms with E-state index in [0.29, 0.717) is 22.9 Å². The van der Waals surface area contributed by atoms with Crippen molar-refractivity contribution in [1.82, 2.24) is 14.8 Å². The lowest BCUT2D eigenvalue weighted by Gasteiger charge is -2.26. The number of pyridine rings is 1. The zero-order valence-corrected chi connectivity index (χ0v) is 23.5. The van der Waals surface area contributed by atoms with E-state index >= 15 is 0 Å². The lowest BCUT2D eigenvalue weighted by Crippen LogP contribution is -2.28. The SMILES string of the molecule is COc1cncc(OC)c1-c1ccc(NC(=O)[C@H](c2cc(C(N)=O)n(C)n2)C(c2ccccc2)c2ccccc2)cc1. The van der Waals surface area contributed by atoms with Crippen molar-refractivity contribution in [1.29, 1.82) is 0 Å². The van der Waals surface area contributed by atoms with Gasteiger partial charge in [-0.1, -0.05) is 72.8 Å². The molecule has 0 unspecified atom stereocenters. The Labute approximate surface area is 243 Å². The van der Waals surface area contributed by atoms with Gasteiger partial charge in [0.2, 0.25) is 5.91 Å². The summed E-state index contributed by atoms with van der Waals surface area (Å²) in [6.07, 6.45) is 3.25. The quantitative estimate of drug-likeness (QED) is 0.243. The van der Waals surface area contributed by atoms with E-state index in [0.717, 1.165) is 22.3 Å². The highest BCUT2D eigenvalue weighted by Crippen LogP contribution is 2.40. The third kappa shape index (κ3) is 5.71.